The number of hydrogen-bond donors (Lipinski definition) is 3. The first-order valence-electron chi connectivity index (χ1n) is 7.42. The van der Waals surface area contributed by atoms with Crippen LogP contribution < -0.4 is 10.6 Å². The Morgan fingerprint density at radius 2 is 1.82 bits per heavy atom. The number of fused-ring (bicyclic) bond motifs is 1. The van der Waals surface area contributed by atoms with E-state index in [2.05, 4.69) is 10.6 Å². The zero-order valence-corrected chi connectivity index (χ0v) is 12.1. The first-order chi connectivity index (χ1) is 10.7. The highest BCUT2D eigenvalue weighted by Crippen LogP contribution is 2.31. The number of benzene rings is 2. The molecule has 0 aromatic heterocycles. The van der Waals surface area contributed by atoms with Crippen molar-refractivity contribution in [2.45, 2.75) is 12.8 Å². The standard InChI is InChI=1S/C17H18N2O3/c20-8-7-18-17(22)14-9-12-3-1-2-4-13(12)10-15(14)19-16(21)11-5-6-11/h1-4,9-11,20H,5-8H2,(H,18,22)(H,19,21). The fourth-order valence-corrected chi connectivity index (χ4v) is 2.38. The van der Waals surface area contributed by atoms with Crippen LogP contribution in [0.5, 0.6) is 0 Å². The molecule has 0 radical (unpaired) electrons. The maximum atomic E-state index is 12.3. The van der Waals surface area contributed by atoms with Crippen LogP contribution in [0.15, 0.2) is 36.4 Å². The molecule has 0 atom stereocenters. The highest BCUT2D eigenvalue weighted by Gasteiger charge is 2.30. The normalized spacial score (nSPS) is 13.9. The predicted molar refractivity (Wildman–Crippen MR) is 84.7 cm³/mol. The van der Waals surface area contributed by atoms with E-state index in [0.29, 0.717) is 11.3 Å². The molecule has 3 rings (SSSR count). The lowest BCUT2D eigenvalue weighted by Gasteiger charge is -2.13. The monoisotopic (exact) mass is 298 g/mol. The van der Waals surface area contributed by atoms with Crippen molar-refractivity contribution in [3.05, 3.63) is 42.0 Å². The van der Waals surface area contributed by atoms with Gasteiger partial charge in [-0.1, -0.05) is 24.3 Å². The van der Waals surface area contributed by atoms with E-state index in [-0.39, 0.29) is 30.9 Å². The van der Waals surface area contributed by atoms with E-state index in [4.69, 9.17) is 5.11 Å². The highest BCUT2D eigenvalue weighted by atomic mass is 16.3. The molecule has 1 aliphatic carbocycles. The Hall–Kier alpha value is -2.40. The lowest BCUT2D eigenvalue weighted by atomic mass is 10.0. The fourth-order valence-electron chi connectivity index (χ4n) is 2.38. The minimum absolute atomic E-state index is 0.0357. The molecule has 0 unspecified atom stereocenters. The highest BCUT2D eigenvalue weighted by molar-refractivity contribution is 6.08. The number of aliphatic hydroxyl groups excluding tert-OH is 1. The van der Waals surface area contributed by atoms with E-state index < -0.39 is 0 Å². The summed E-state index contributed by atoms with van der Waals surface area (Å²) in [5.41, 5.74) is 0.937. The van der Waals surface area contributed by atoms with Crippen LogP contribution >= 0.6 is 0 Å². The van der Waals surface area contributed by atoms with Gasteiger partial charge in [-0.25, -0.2) is 0 Å². The lowest BCUT2D eigenvalue weighted by Crippen LogP contribution is -2.28. The van der Waals surface area contributed by atoms with Crippen molar-refractivity contribution in [3.63, 3.8) is 0 Å². The van der Waals surface area contributed by atoms with Gasteiger partial charge in [0.25, 0.3) is 5.91 Å². The van der Waals surface area contributed by atoms with Crippen LogP contribution in [0.1, 0.15) is 23.2 Å². The number of carbonyl (C=O) groups excluding carboxylic acids is 2. The molecule has 1 saturated carbocycles. The molecule has 114 valence electrons. The molecule has 0 spiro atoms. The van der Waals surface area contributed by atoms with Crippen LogP contribution in [0.3, 0.4) is 0 Å². The molecule has 0 heterocycles. The van der Waals surface area contributed by atoms with Gasteiger partial charge in [-0.2, -0.15) is 0 Å². The summed E-state index contributed by atoms with van der Waals surface area (Å²) in [6.45, 7) is 0.0603. The average molecular weight is 298 g/mol. The Morgan fingerprint density at radius 3 is 2.45 bits per heavy atom. The minimum atomic E-state index is -0.300. The molecule has 3 N–H and O–H groups in total. The van der Waals surface area contributed by atoms with Crippen molar-refractivity contribution in [3.8, 4) is 0 Å². The molecular formula is C17H18N2O3. The molecule has 22 heavy (non-hydrogen) atoms. The Balaban J connectivity index is 1.97. The van der Waals surface area contributed by atoms with Crippen molar-refractivity contribution < 1.29 is 14.7 Å². The number of hydrogen-bond acceptors (Lipinski definition) is 3. The van der Waals surface area contributed by atoms with Gasteiger partial charge in [0.1, 0.15) is 0 Å². The first kappa shape index (κ1) is 14.5. The second-order valence-corrected chi connectivity index (χ2v) is 5.49. The van der Waals surface area contributed by atoms with Crippen molar-refractivity contribution in [1.29, 1.82) is 0 Å². The molecule has 2 aromatic rings. The van der Waals surface area contributed by atoms with Gasteiger partial charge in [-0.15, -0.1) is 0 Å². The van der Waals surface area contributed by atoms with E-state index >= 15 is 0 Å². The van der Waals surface area contributed by atoms with Gasteiger partial charge in [-0.3, -0.25) is 9.59 Å². The Morgan fingerprint density at radius 1 is 1.14 bits per heavy atom. The summed E-state index contributed by atoms with van der Waals surface area (Å²) in [4.78, 5) is 24.3. The third-order valence-electron chi connectivity index (χ3n) is 3.73. The van der Waals surface area contributed by atoms with Crippen LogP contribution in [0, 0.1) is 5.92 Å². The molecule has 2 amide bonds. The Bertz CT molecular complexity index is 723. The number of rotatable bonds is 5. The molecular weight excluding hydrogens is 280 g/mol. The molecule has 1 fully saturated rings. The van der Waals surface area contributed by atoms with Gasteiger partial charge in [-0.05, 0) is 35.7 Å². The van der Waals surface area contributed by atoms with Gasteiger partial charge in [0.15, 0.2) is 0 Å². The van der Waals surface area contributed by atoms with Crippen LogP contribution in [0.25, 0.3) is 10.8 Å². The van der Waals surface area contributed by atoms with Gasteiger partial charge < -0.3 is 15.7 Å². The number of anilines is 1. The molecule has 0 bridgehead atoms. The second kappa shape index (κ2) is 6.15. The van der Waals surface area contributed by atoms with Crippen LogP contribution in [-0.2, 0) is 4.79 Å². The summed E-state index contributed by atoms with van der Waals surface area (Å²) in [6.07, 6.45) is 1.82. The zero-order chi connectivity index (χ0) is 15.5. The molecule has 0 aliphatic heterocycles. The quantitative estimate of drug-likeness (QED) is 0.789. The Labute approximate surface area is 128 Å². The molecule has 1 aliphatic rings. The van der Waals surface area contributed by atoms with Gasteiger partial charge >= 0.3 is 0 Å². The van der Waals surface area contributed by atoms with Gasteiger partial charge in [0.05, 0.1) is 17.9 Å². The van der Waals surface area contributed by atoms with Crippen LogP contribution in [0.4, 0.5) is 5.69 Å². The van der Waals surface area contributed by atoms with Crippen molar-refractivity contribution in [2.75, 3.05) is 18.5 Å². The van der Waals surface area contributed by atoms with E-state index in [1.807, 2.05) is 30.3 Å². The topological polar surface area (TPSA) is 78.4 Å². The van der Waals surface area contributed by atoms with Gasteiger partial charge in [0.2, 0.25) is 5.91 Å². The third-order valence-corrected chi connectivity index (χ3v) is 3.73. The van der Waals surface area contributed by atoms with Crippen molar-refractivity contribution in [2.24, 2.45) is 5.92 Å². The predicted octanol–water partition coefficient (Wildman–Crippen LogP) is 1.91. The number of amides is 2. The van der Waals surface area contributed by atoms with Gasteiger partial charge in [0, 0.05) is 12.5 Å². The van der Waals surface area contributed by atoms with Crippen LogP contribution in [-0.4, -0.2) is 30.1 Å². The zero-order valence-electron chi connectivity index (χ0n) is 12.1. The van der Waals surface area contributed by atoms with E-state index in [0.717, 1.165) is 23.6 Å². The number of aliphatic hydroxyl groups is 1. The maximum Gasteiger partial charge on any atom is 0.253 e. The smallest absolute Gasteiger partial charge is 0.253 e. The summed E-state index contributed by atoms with van der Waals surface area (Å²) in [6, 6.07) is 11.3. The molecule has 2 aromatic carbocycles. The Kier molecular flexibility index (Phi) is 4.06. The summed E-state index contributed by atoms with van der Waals surface area (Å²) in [5, 5.41) is 16.2. The fraction of sp³-hybridized carbons (Fsp3) is 0.294. The SMILES string of the molecule is O=C(NCCO)c1cc2ccccc2cc1NC(=O)C1CC1. The van der Waals surface area contributed by atoms with E-state index in [1.165, 1.54) is 0 Å². The second-order valence-electron chi connectivity index (χ2n) is 5.49. The largest absolute Gasteiger partial charge is 0.395 e. The van der Waals surface area contributed by atoms with Crippen LogP contribution in [0.2, 0.25) is 0 Å². The molecule has 5 heteroatoms. The molecule has 5 nitrogen and oxygen atoms in total. The third kappa shape index (κ3) is 3.09. The average Bonchev–Trinajstić information content (AvgIpc) is 3.36. The molecule has 0 saturated heterocycles. The summed E-state index contributed by atoms with van der Waals surface area (Å²) < 4.78 is 0. The number of carbonyl (C=O) groups is 2. The van der Waals surface area contributed by atoms with Crippen molar-refractivity contribution >= 4 is 28.3 Å². The maximum absolute atomic E-state index is 12.3. The number of nitrogens with one attached hydrogen (secondary N) is 2. The van der Waals surface area contributed by atoms with Crippen molar-refractivity contribution in [1.82, 2.24) is 5.32 Å². The summed E-state index contributed by atoms with van der Waals surface area (Å²) >= 11 is 0. The minimum Gasteiger partial charge on any atom is -0.395 e. The first-order valence-corrected chi connectivity index (χ1v) is 7.42. The lowest BCUT2D eigenvalue weighted by molar-refractivity contribution is -0.117. The van der Waals surface area contributed by atoms with E-state index in [9.17, 15) is 9.59 Å². The summed E-state index contributed by atoms with van der Waals surface area (Å²) in [7, 11) is 0. The summed E-state index contributed by atoms with van der Waals surface area (Å²) in [5.74, 6) is -0.266. The van der Waals surface area contributed by atoms with E-state index in [1.54, 1.807) is 6.07 Å².